The maximum atomic E-state index is 12.4. The minimum absolute atomic E-state index is 0.0880. The molecule has 0 radical (unpaired) electrons. The number of fused-ring (bicyclic) bond motifs is 1. The molecule has 3 aromatic rings. The van der Waals surface area contributed by atoms with Crippen molar-refractivity contribution in [3.63, 3.8) is 0 Å². The van der Waals surface area contributed by atoms with Gasteiger partial charge in [0.25, 0.3) is 5.91 Å². The van der Waals surface area contributed by atoms with E-state index in [0.29, 0.717) is 18.1 Å². The van der Waals surface area contributed by atoms with Crippen LogP contribution in [0.2, 0.25) is 0 Å². The van der Waals surface area contributed by atoms with Gasteiger partial charge in [0.1, 0.15) is 18.1 Å². The first-order valence-electron chi connectivity index (χ1n) is 9.38. The predicted octanol–water partition coefficient (Wildman–Crippen LogP) is 4.84. The highest BCUT2D eigenvalue weighted by Gasteiger charge is 2.16. The molecule has 1 aliphatic carbocycles. The molecule has 0 aliphatic heterocycles. The van der Waals surface area contributed by atoms with E-state index in [2.05, 4.69) is 17.4 Å². The van der Waals surface area contributed by atoms with Gasteiger partial charge in [-0.2, -0.15) is 0 Å². The van der Waals surface area contributed by atoms with Gasteiger partial charge in [-0.05, 0) is 67.1 Å². The molecule has 4 heteroatoms. The van der Waals surface area contributed by atoms with Crippen LogP contribution >= 0.6 is 0 Å². The summed E-state index contributed by atoms with van der Waals surface area (Å²) in [6.45, 7) is 2.26. The zero-order chi connectivity index (χ0) is 18.6. The Morgan fingerprint density at radius 1 is 1.07 bits per heavy atom. The molecular formula is C23H23NO3. The quantitative estimate of drug-likeness (QED) is 0.683. The molecule has 27 heavy (non-hydrogen) atoms. The van der Waals surface area contributed by atoms with Gasteiger partial charge in [-0.3, -0.25) is 4.79 Å². The second-order valence-corrected chi connectivity index (χ2v) is 6.94. The summed E-state index contributed by atoms with van der Waals surface area (Å²) in [5.74, 6) is 1.55. The maximum absolute atomic E-state index is 12.4. The summed E-state index contributed by atoms with van der Waals surface area (Å²) in [6, 6.07) is 19.5. The first-order valence-corrected chi connectivity index (χ1v) is 9.38. The summed E-state index contributed by atoms with van der Waals surface area (Å²) < 4.78 is 11.5. The lowest BCUT2D eigenvalue weighted by Gasteiger charge is -2.13. The lowest BCUT2D eigenvalue weighted by atomic mass is 10.1. The number of carbonyl (C=O) groups excluding carboxylic acids is 1. The predicted molar refractivity (Wildman–Crippen MR) is 104 cm³/mol. The normalized spacial score (nSPS) is 13.8. The molecule has 4 nitrogen and oxygen atoms in total. The van der Waals surface area contributed by atoms with Crippen LogP contribution in [0, 0.1) is 0 Å². The highest BCUT2D eigenvalue weighted by atomic mass is 16.5. The summed E-state index contributed by atoms with van der Waals surface area (Å²) in [5.41, 5.74) is 3.85. The number of rotatable bonds is 6. The van der Waals surface area contributed by atoms with Gasteiger partial charge in [-0.15, -0.1) is 0 Å². The molecule has 0 bridgehead atoms. The highest BCUT2D eigenvalue weighted by molar-refractivity contribution is 5.91. The Morgan fingerprint density at radius 2 is 1.89 bits per heavy atom. The second-order valence-electron chi connectivity index (χ2n) is 6.94. The van der Waals surface area contributed by atoms with Crippen LogP contribution in [0.4, 0.5) is 0 Å². The number of aryl methyl sites for hydroxylation is 2. The third kappa shape index (κ3) is 4.05. The Morgan fingerprint density at radius 3 is 2.74 bits per heavy atom. The van der Waals surface area contributed by atoms with E-state index in [0.717, 1.165) is 24.2 Å². The molecule has 1 aliphatic rings. The van der Waals surface area contributed by atoms with E-state index in [9.17, 15) is 4.79 Å². The number of hydrogen-bond acceptors (Lipinski definition) is 3. The van der Waals surface area contributed by atoms with E-state index in [4.69, 9.17) is 9.15 Å². The van der Waals surface area contributed by atoms with Crippen LogP contribution < -0.4 is 10.1 Å². The summed E-state index contributed by atoms with van der Waals surface area (Å²) >= 11 is 0. The third-order valence-electron chi connectivity index (χ3n) is 4.98. The van der Waals surface area contributed by atoms with Crippen LogP contribution in [0.15, 0.2) is 65.1 Å². The molecule has 0 saturated carbocycles. The molecule has 1 heterocycles. The number of furan rings is 1. The van der Waals surface area contributed by atoms with E-state index in [-0.39, 0.29) is 11.9 Å². The van der Waals surface area contributed by atoms with Crippen LogP contribution in [-0.4, -0.2) is 5.91 Å². The average molecular weight is 361 g/mol. The first-order chi connectivity index (χ1) is 13.2. The van der Waals surface area contributed by atoms with Crippen molar-refractivity contribution in [1.82, 2.24) is 5.32 Å². The Balaban J connectivity index is 1.34. The van der Waals surface area contributed by atoms with Crippen molar-refractivity contribution in [1.29, 1.82) is 0 Å². The number of benzene rings is 2. The van der Waals surface area contributed by atoms with Gasteiger partial charge >= 0.3 is 0 Å². The lowest BCUT2D eigenvalue weighted by Crippen LogP contribution is -2.26. The van der Waals surface area contributed by atoms with Crippen molar-refractivity contribution in [3.05, 3.63) is 88.9 Å². The van der Waals surface area contributed by atoms with E-state index in [1.807, 2.05) is 43.3 Å². The van der Waals surface area contributed by atoms with Gasteiger partial charge < -0.3 is 14.5 Å². The van der Waals surface area contributed by atoms with Crippen molar-refractivity contribution in [2.45, 2.75) is 38.8 Å². The molecular weight excluding hydrogens is 338 g/mol. The Hall–Kier alpha value is -3.01. The fourth-order valence-electron chi connectivity index (χ4n) is 3.46. The average Bonchev–Trinajstić information content (AvgIpc) is 3.36. The van der Waals surface area contributed by atoms with Crippen molar-refractivity contribution in [3.8, 4) is 5.75 Å². The van der Waals surface area contributed by atoms with Crippen LogP contribution in [0.5, 0.6) is 5.75 Å². The summed E-state index contributed by atoms with van der Waals surface area (Å²) in [6.07, 6.45) is 3.50. The topological polar surface area (TPSA) is 51.5 Å². The monoisotopic (exact) mass is 361 g/mol. The number of amides is 1. The summed E-state index contributed by atoms with van der Waals surface area (Å²) in [7, 11) is 0. The molecule has 1 N–H and O–H groups in total. The third-order valence-corrected chi connectivity index (χ3v) is 4.98. The molecule has 1 unspecified atom stereocenters. The van der Waals surface area contributed by atoms with E-state index in [1.54, 1.807) is 12.1 Å². The minimum atomic E-state index is -0.227. The standard InChI is InChI=1S/C23H23NO3/c1-16(17-6-3-2-4-7-17)24-23(25)22-13-12-21(27-22)15-26-20-11-10-18-8-5-9-19(18)14-20/h2-4,6-7,10-14,16H,5,8-9,15H2,1H3,(H,24,25). The smallest absolute Gasteiger partial charge is 0.287 e. The Bertz CT molecular complexity index is 930. The van der Waals surface area contributed by atoms with E-state index in [1.165, 1.54) is 17.5 Å². The minimum Gasteiger partial charge on any atom is -0.486 e. The fourth-order valence-corrected chi connectivity index (χ4v) is 3.46. The van der Waals surface area contributed by atoms with Gasteiger partial charge in [0.15, 0.2) is 5.76 Å². The Kier molecular flexibility index (Phi) is 4.97. The van der Waals surface area contributed by atoms with Crippen LogP contribution in [0.3, 0.4) is 0 Å². The molecule has 4 rings (SSSR count). The highest BCUT2D eigenvalue weighted by Crippen LogP contribution is 2.26. The van der Waals surface area contributed by atoms with Crippen LogP contribution in [0.25, 0.3) is 0 Å². The number of carbonyl (C=O) groups is 1. The Labute approximate surface area is 159 Å². The maximum Gasteiger partial charge on any atom is 0.287 e. The lowest BCUT2D eigenvalue weighted by molar-refractivity contribution is 0.0907. The molecule has 2 aromatic carbocycles. The molecule has 0 saturated heterocycles. The van der Waals surface area contributed by atoms with Crippen molar-refractivity contribution in [2.24, 2.45) is 0 Å². The molecule has 1 amide bonds. The molecule has 0 fully saturated rings. The fraction of sp³-hybridized carbons (Fsp3) is 0.261. The van der Waals surface area contributed by atoms with Gasteiger partial charge in [-0.25, -0.2) is 0 Å². The molecule has 138 valence electrons. The number of nitrogens with one attached hydrogen (secondary N) is 1. The first kappa shape index (κ1) is 17.4. The molecule has 1 aromatic heterocycles. The van der Waals surface area contributed by atoms with E-state index < -0.39 is 0 Å². The van der Waals surface area contributed by atoms with Crippen LogP contribution in [-0.2, 0) is 19.4 Å². The van der Waals surface area contributed by atoms with Crippen molar-refractivity contribution >= 4 is 5.91 Å². The van der Waals surface area contributed by atoms with Crippen molar-refractivity contribution < 1.29 is 13.9 Å². The number of ether oxygens (including phenoxy) is 1. The SMILES string of the molecule is CC(NC(=O)c1ccc(COc2ccc3c(c2)CCC3)o1)c1ccccc1. The van der Waals surface area contributed by atoms with Gasteiger partial charge in [0.2, 0.25) is 0 Å². The largest absolute Gasteiger partial charge is 0.486 e. The summed E-state index contributed by atoms with van der Waals surface area (Å²) in [5, 5.41) is 2.95. The zero-order valence-corrected chi connectivity index (χ0v) is 15.4. The van der Waals surface area contributed by atoms with Gasteiger partial charge in [0.05, 0.1) is 6.04 Å². The number of hydrogen-bond donors (Lipinski definition) is 1. The van der Waals surface area contributed by atoms with Gasteiger partial charge in [-0.1, -0.05) is 36.4 Å². The van der Waals surface area contributed by atoms with Crippen LogP contribution in [0.1, 0.15) is 52.4 Å². The molecule has 0 spiro atoms. The molecule has 1 atom stereocenters. The summed E-state index contributed by atoms with van der Waals surface area (Å²) in [4.78, 5) is 12.4. The van der Waals surface area contributed by atoms with Crippen molar-refractivity contribution in [2.75, 3.05) is 0 Å². The van der Waals surface area contributed by atoms with Gasteiger partial charge in [0, 0.05) is 0 Å². The zero-order valence-electron chi connectivity index (χ0n) is 15.4. The van der Waals surface area contributed by atoms with E-state index >= 15 is 0 Å². The second kappa shape index (κ2) is 7.70.